The summed E-state index contributed by atoms with van der Waals surface area (Å²) in [6.45, 7) is 10.2. The molecule has 0 spiro atoms. The minimum atomic E-state index is -3.63. The fraction of sp³-hybridized carbons (Fsp3) is 0.600. The van der Waals surface area contributed by atoms with Crippen molar-refractivity contribution in [3.8, 4) is 0 Å². The van der Waals surface area contributed by atoms with E-state index in [0.29, 0.717) is 30.0 Å². The number of aryl methyl sites for hydroxylation is 1. The molecule has 0 bridgehead atoms. The van der Waals surface area contributed by atoms with E-state index in [2.05, 4.69) is 4.72 Å². The molecule has 6 heteroatoms. The van der Waals surface area contributed by atoms with Gasteiger partial charge in [-0.2, -0.15) is 0 Å². The van der Waals surface area contributed by atoms with Gasteiger partial charge in [0.2, 0.25) is 10.0 Å². The highest BCUT2D eigenvalue weighted by Crippen LogP contribution is 2.25. The van der Waals surface area contributed by atoms with E-state index >= 15 is 0 Å². The van der Waals surface area contributed by atoms with Crippen LogP contribution in [0.2, 0.25) is 0 Å². The Morgan fingerprint density at radius 3 is 2.43 bits per heavy atom. The van der Waals surface area contributed by atoms with Gasteiger partial charge in [-0.3, -0.25) is 0 Å². The minimum absolute atomic E-state index is 0.132. The summed E-state index contributed by atoms with van der Waals surface area (Å²) in [7, 11) is -3.63. The first-order valence-corrected chi connectivity index (χ1v) is 8.64. The van der Waals surface area contributed by atoms with Gasteiger partial charge in [0, 0.05) is 18.3 Å². The van der Waals surface area contributed by atoms with Gasteiger partial charge in [-0.25, -0.2) is 13.1 Å². The first-order chi connectivity index (χ1) is 9.70. The predicted octanol–water partition coefficient (Wildman–Crippen LogP) is 2.23. The summed E-state index contributed by atoms with van der Waals surface area (Å²) in [5.41, 5.74) is 7.59. The molecule has 21 heavy (non-hydrogen) atoms. The van der Waals surface area contributed by atoms with Gasteiger partial charge in [-0.15, -0.1) is 0 Å². The van der Waals surface area contributed by atoms with E-state index in [1.165, 1.54) is 0 Å². The Bertz CT molecular complexity index is 583. The molecule has 5 nitrogen and oxygen atoms in total. The van der Waals surface area contributed by atoms with Gasteiger partial charge < -0.3 is 10.5 Å². The van der Waals surface area contributed by atoms with Gasteiger partial charge in [0.05, 0.1) is 11.5 Å². The molecule has 1 aromatic carbocycles. The summed E-state index contributed by atoms with van der Waals surface area (Å²) in [6, 6.07) is 3.18. The van der Waals surface area contributed by atoms with E-state index in [9.17, 15) is 8.42 Å². The zero-order valence-electron chi connectivity index (χ0n) is 13.4. The molecule has 0 fully saturated rings. The third kappa shape index (κ3) is 4.43. The van der Waals surface area contributed by atoms with Crippen molar-refractivity contribution in [1.82, 2.24) is 4.72 Å². The molecule has 0 saturated carbocycles. The number of nitrogens with two attached hydrogens (primary N) is 1. The van der Waals surface area contributed by atoms with E-state index in [1.54, 1.807) is 26.0 Å². The summed E-state index contributed by atoms with van der Waals surface area (Å²) in [6.07, 6.45) is 0. The quantitative estimate of drug-likeness (QED) is 0.756. The van der Waals surface area contributed by atoms with Crippen LogP contribution in [0.5, 0.6) is 0 Å². The van der Waals surface area contributed by atoms with Gasteiger partial charge in [0.15, 0.2) is 0 Å². The monoisotopic (exact) mass is 314 g/mol. The second-order valence-corrected chi connectivity index (χ2v) is 7.21. The van der Waals surface area contributed by atoms with Crippen LogP contribution in [0.3, 0.4) is 0 Å². The van der Waals surface area contributed by atoms with Crippen molar-refractivity contribution in [3.05, 3.63) is 23.3 Å². The number of hydrogen-bond donors (Lipinski definition) is 2. The highest BCUT2D eigenvalue weighted by Gasteiger charge is 2.26. The lowest BCUT2D eigenvalue weighted by atomic mass is 10.1. The second kappa shape index (κ2) is 7.24. The zero-order valence-corrected chi connectivity index (χ0v) is 14.3. The molecule has 0 aliphatic carbocycles. The fourth-order valence-electron chi connectivity index (χ4n) is 2.12. The molecule has 3 N–H and O–H groups in total. The van der Waals surface area contributed by atoms with Crippen molar-refractivity contribution in [3.63, 3.8) is 0 Å². The first kappa shape index (κ1) is 17.9. The van der Waals surface area contributed by atoms with Crippen LogP contribution < -0.4 is 10.5 Å². The Balaban J connectivity index is 3.14. The average Bonchev–Trinajstić information content (AvgIpc) is 2.38. The summed E-state index contributed by atoms with van der Waals surface area (Å²) < 4.78 is 33.5. The fourth-order valence-corrected chi connectivity index (χ4v) is 3.99. The van der Waals surface area contributed by atoms with E-state index in [4.69, 9.17) is 10.5 Å². The van der Waals surface area contributed by atoms with E-state index in [0.717, 1.165) is 0 Å². The Hall–Kier alpha value is -1.11. The van der Waals surface area contributed by atoms with E-state index < -0.39 is 10.0 Å². The number of hydrogen-bond acceptors (Lipinski definition) is 4. The molecule has 1 unspecified atom stereocenters. The minimum Gasteiger partial charge on any atom is -0.398 e. The maximum atomic E-state index is 12.7. The SMILES string of the molecule is CCOCC(NS(=O)(=O)c1c(C)ccc(N)c1C)C(C)C. The van der Waals surface area contributed by atoms with Crippen LogP contribution in [0.25, 0.3) is 0 Å². The van der Waals surface area contributed by atoms with Crippen molar-refractivity contribution in [2.24, 2.45) is 5.92 Å². The highest BCUT2D eigenvalue weighted by atomic mass is 32.2. The van der Waals surface area contributed by atoms with Crippen LogP contribution in [0.4, 0.5) is 5.69 Å². The van der Waals surface area contributed by atoms with Crippen LogP contribution in [0.1, 0.15) is 31.9 Å². The van der Waals surface area contributed by atoms with Gasteiger partial charge in [-0.05, 0) is 43.9 Å². The molecule has 1 rings (SSSR count). The number of ether oxygens (including phenoxy) is 1. The topological polar surface area (TPSA) is 81.4 Å². The maximum Gasteiger partial charge on any atom is 0.241 e. The van der Waals surface area contributed by atoms with Crippen molar-refractivity contribution < 1.29 is 13.2 Å². The molecular formula is C15H26N2O3S. The molecule has 120 valence electrons. The highest BCUT2D eigenvalue weighted by molar-refractivity contribution is 7.89. The van der Waals surface area contributed by atoms with Gasteiger partial charge >= 0.3 is 0 Å². The second-order valence-electron chi connectivity index (χ2n) is 5.56. The number of sulfonamides is 1. The maximum absolute atomic E-state index is 12.7. The molecule has 0 radical (unpaired) electrons. The smallest absolute Gasteiger partial charge is 0.241 e. The molecular weight excluding hydrogens is 288 g/mol. The largest absolute Gasteiger partial charge is 0.398 e. The van der Waals surface area contributed by atoms with Crippen LogP contribution in [0, 0.1) is 19.8 Å². The Morgan fingerprint density at radius 1 is 1.29 bits per heavy atom. The summed E-state index contributed by atoms with van der Waals surface area (Å²) >= 11 is 0. The van der Waals surface area contributed by atoms with Crippen LogP contribution in [-0.4, -0.2) is 27.7 Å². The summed E-state index contributed by atoms with van der Waals surface area (Å²) in [5, 5.41) is 0. The van der Waals surface area contributed by atoms with Gasteiger partial charge in [0.1, 0.15) is 0 Å². The van der Waals surface area contributed by atoms with Crippen LogP contribution in [-0.2, 0) is 14.8 Å². The van der Waals surface area contributed by atoms with E-state index in [-0.39, 0.29) is 16.9 Å². The number of anilines is 1. The van der Waals surface area contributed by atoms with Gasteiger partial charge in [-0.1, -0.05) is 19.9 Å². The predicted molar refractivity (Wildman–Crippen MR) is 85.8 cm³/mol. The third-order valence-corrected chi connectivity index (χ3v) is 5.30. The third-order valence-electron chi connectivity index (χ3n) is 3.53. The standard InChI is InChI=1S/C15H26N2O3S/c1-6-20-9-14(10(2)3)17-21(18,19)15-11(4)7-8-13(16)12(15)5/h7-8,10,14,17H,6,9,16H2,1-5H3. The average molecular weight is 314 g/mol. The lowest BCUT2D eigenvalue weighted by Gasteiger charge is -2.23. The van der Waals surface area contributed by atoms with Crippen molar-refractivity contribution >= 4 is 15.7 Å². The lowest BCUT2D eigenvalue weighted by Crippen LogP contribution is -2.42. The Kier molecular flexibility index (Phi) is 6.19. The molecule has 0 aromatic heterocycles. The Morgan fingerprint density at radius 2 is 1.90 bits per heavy atom. The molecule has 1 atom stereocenters. The van der Waals surface area contributed by atoms with E-state index in [1.807, 2.05) is 20.8 Å². The zero-order chi connectivity index (χ0) is 16.2. The van der Waals surface area contributed by atoms with Crippen LogP contribution >= 0.6 is 0 Å². The molecule has 0 heterocycles. The summed E-state index contributed by atoms with van der Waals surface area (Å²) in [4.78, 5) is 0.268. The Labute approximate surface area is 127 Å². The number of nitrogen functional groups attached to an aromatic ring is 1. The molecule has 0 saturated heterocycles. The molecule has 0 aliphatic heterocycles. The number of nitrogens with one attached hydrogen (secondary N) is 1. The molecule has 0 amide bonds. The van der Waals surface area contributed by atoms with Gasteiger partial charge in [0.25, 0.3) is 0 Å². The van der Waals surface area contributed by atoms with Crippen LogP contribution in [0.15, 0.2) is 17.0 Å². The lowest BCUT2D eigenvalue weighted by molar-refractivity contribution is 0.116. The van der Waals surface area contributed by atoms with Crippen molar-refractivity contribution in [2.75, 3.05) is 18.9 Å². The first-order valence-electron chi connectivity index (χ1n) is 7.16. The normalized spacial score (nSPS) is 13.6. The summed E-state index contributed by atoms with van der Waals surface area (Å²) in [5.74, 6) is 0.132. The van der Waals surface area contributed by atoms with Crippen molar-refractivity contribution in [1.29, 1.82) is 0 Å². The number of rotatable bonds is 7. The molecule has 0 aliphatic rings. The van der Waals surface area contributed by atoms with Crippen molar-refractivity contribution in [2.45, 2.75) is 45.6 Å². The number of benzene rings is 1. The molecule has 1 aromatic rings.